The highest BCUT2D eigenvalue weighted by Gasteiger charge is 2.32. The van der Waals surface area contributed by atoms with E-state index in [9.17, 15) is 13.2 Å². The predicted octanol–water partition coefficient (Wildman–Crippen LogP) is 4.16. The molecule has 0 aliphatic carbocycles. The number of amides is 1. The summed E-state index contributed by atoms with van der Waals surface area (Å²) in [7, 11) is -3.60. The van der Waals surface area contributed by atoms with Gasteiger partial charge in [0.05, 0.1) is 4.90 Å². The van der Waals surface area contributed by atoms with Crippen LogP contribution in [0.15, 0.2) is 45.7 Å². The summed E-state index contributed by atoms with van der Waals surface area (Å²) in [6, 6.07) is 10.6. The minimum absolute atomic E-state index is 0.233. The van der Waals surface area contributed by atoms with Crippen molar-refractivity contribution in [3.8, 4) is 0 Å². The maximum atomic E-state index is 13.1. The first-order chi connectivity index (χ1) is 14.2. The van der Waals surface area contributed by atoms with Crippen molar-refractivity contribution in [3.63, 3.8) is 0 Å². The highest BCUT2D eigenvalue weighted by Crippen LogP contribution is 2.29. The lowest BCUT2D eigenvalue weighted by molar-refractivity contribution is 0.0667. The second kappa shape index (κ2) is 7.72. The van der Waals surface area contributed by atoms with Gasteiger partial charge in [-0.3, -0.25) is 4.79 Å². The zero-order chi connectivity index (χ0) is 21.6. The van der Waals surface area contributed by atoms with Gasteiger partial charge in [-0.25, -0.2) is 8.42 Å². The largest absolute Gasteiger partial charge is 0.451 e. The van der Waals surface area contributed by atoms with Crippen molar-refractivity contribution < 1.29 is 17.6 Å². The molecule has 3 aromatic rings. The van der Waals surface area contributed by atoms with Gasteiger partial charge in [0.25, 0.3) is 5.91 Å². The van der Waals surface area contributed by atoms with Gasteiger partial charge < -0.3 is 9.32 Å². The van der Waals surface area contributed by atoms with Crippen molar-refractivity contribution in [2.24, 2.45) is 0 Å². The topological polar surface area (TPSA) is 70.8 Å². The van der Waals surface area contributed by atoms with E-state index in [2.05, 4.69) is 0 Å². The molecular weight excluding hydrogens is 424 g/mol. The molecule has 30 heavy (non-hydrogen) atoms. The maximum absolute atomic E-state index is 13.1. The molecule has 1 saturated heterocycles. The van der Waals surface area contributed by atoms with Gasteiger partial charge in [-0.1, -0.05) is 29.3 Å². The number of nitrogens with zero attached hydrogens (tertiary/aromatic N) is 2. The number of benzene rings is 2. The summed E-state index contributed by atoms with van der Waals surface area (Å²) in [6.45, 7) is 6.66. The molecule has 6 nitrogen and oxygen atoms in total. The maximum Gasteiger partial charge on any atom is 0.289 e. The molecule has 0 saturated carbocycles. The van der Waals surface area contributed by atoms with Crippen molar-refractivity contribution in [3.05, 3.63) is 63.9 Å². The van der Waals surface area contributed by atoms with E-state index < -0.39 is 10.0 Å². The van der Waals surface area contributed by atoms with Crippen LogP contribution in [-0.4, -0.2) is 49.7 Å². The molecule has 1 fully saturated rings. The number of hydrogen-bond acceptors (Lipinski definition) is 4. The molecule has 0 atom stereocenters. The van der Waals surface area contributed by atoms with E-state index in [4.69, 9.17) is 16.0 Å². The Bertz CT molecular complexity index is 1240. The van der Waals surface area contributed by atoms with Gasteiger partial charge in [0, 0.05) is 42.2 Å². The minimum Gasteiger partial charge on any atom is -0.451 e. The summed E-state index contributed by atoms with van der Waals surface area (Å²) in [6.07, 6.45) is 0. The first kappa shape index (κ1) is 20.9. The summed E-state index contributed by atoms with van der Waals surface area (Å²) >= 11 is 6.06. The second-order valence-electron chi connectivity index (χ2n) is 7.66. The lowest BCUT2D eigenvalue weighted by Crippen LogP contribution is -2.50. The Morgan fingerprint density at radius 3 is 2.37 bits per heavy atom. The fourth-order valence-corrected chi connectivity index (χ4v) is 5.70. The molecule has 0 unspecified atom stereocenters. The Kier molecular flexibility index (Phi) is 5.38. The molecule has 0 bridgehead atoms. The van der Waals surface area contributed by atoms with Crippen molar-refractivity contribution >= 4 is 38.5 Å². The van der Waals surface area contributed by atoms with Crippen LogP contribution in [0.25, 0.3) is 11.0 Å². The number of rotatable bonds is 3. The zero-order valence-corrected chi connectivity index (χ0v) is 18.7. The highest BCUT2D eigenvalue weighted by molar-refractivity contribution is 7.89. The van der Waals surface area contributed by atoms with Crippen molar-refractivity contribution in [2.75, 3.05) is 26.2 Å². The minimum atomic E-state index is -3.60. The average Bonchev–Trinajstić information content (AvgIpc) is 3.03. The normalized spacial score (nSPS) is 15.7. The van der Waals surface area contributed by atoms with Gasteiger partial charge in [0.1, 0.15) is 5.58 Å². The number of halogens is 1. The molecule has 0 radical (unpaired) electrons. The summed E-state index contributed by atoms with van der Waals surface area (Å²) in [5.74, 6) is 0.0429. The fourth-order valence-electron chi connectivity index (χ4n) is 3.90. The standard InChI is InChI=1S/C22H23ClN2O4S/c1-14-4-7-20(15(2)12-14)30(27,28)25-10-8-24(9-11-25)22(26)21-16(3)18-13-17(23)5-6-19(18)29-21/h4-7,12-13H,8-11H2,1-3H3. The summed E-state index contributed by atoms with van der Waals surface area (Å²) in [4.78, 5) is 15.0. The molecule has 4 rings (SSSR count). The second-order valence-corrected chi connectivity index (χ2v) is 10.0. The quantitative estimate of drug-likeness (QED) is 0.605. The zero-order valence-electron chi connectivity index (χ0n) is 17.1. The van der Waals surface area contributed by atoms with E-state index in [0.29, 0.717) is 28.6 Å². The predicted molar refractivity (Wildman–Crippen MR) is 117 cm³/mol. The first-order valence-corrected chi connectivity index (χ1v) is 11.6. The van der Waals surface area contributed by atoms with Gasteiger partial charge in [-0.2, -0.15) is 4.31 Å². The third-order valence-corrected chi connectivity index (χ3v) is 7.86. The van der Waals surface area contributed by atoms with Crippen molar-refractivity contribution in [1.29, 1.82) is 0 Å². The smallest absolute Gasteiger partial charge is 0.289 e. The van der Waals surface area contributed by atoms with Crippen LogP contribution in [-0.2, 0) is 10.0 Å². The van der Waals surface area contributed by atoms with Crippen LogP contribution in [0, 0.1) is 20.8 Å². The Morgan fingerprint density at radius 2 is 1.70 bits per heavy atom. The van der Waals surface area contributed by atoms with Gasteiger partial charge >= 0.3 is 0 Å². The fraction of sp³-hybridized carbons (Fsp3) is 0.318. The number of hydrogen-bond donors (Lipinski definition) is 0. The molecule has 1 aliphatic heterocycles. The van der Waals surface area contributed by atoms with Gasteiger partial charge in [0.2, 0.25) is 10.0 Å². The SMILES string of the molecule is Cc1ccc(S(=O)(=O)N2CCN(C(=O)c3oc4ccc(Cl)cc4c3C)CC2)c(C)c1. The van der Waals surface area contributed by atoms with E-state index in [0.717, 1.165) is 22.1 Å². The van der Waals surface area contributed by atoms with Crippen LogP contribution in [0.2, 0.25) is 5.02 Å². The van der Waals surface area contributed by atoms with Crippen LogP contribution in [0.4, 0.5) is 0 Å². The first-order valence-electron chi connectivity index (χ1n) is 9.74. The van der Waals surface area contributed by atoms with Gasteiger partial charge in [-0.05, 0) is 50.6 Å². The number of sulfonamides is 1. The van der Waals surface area contributed by atoms with Gasteiger partial charge in [0.15, 0.2) is 5.76 Å². The average molecular weight is 447 g/mol. The van der Waals surface area contributed by atoms with E-state index in [-0.39, 0.29) is 24.8 Å². The Balaban J connectivity index is 1.52. The number of furan rings is 1. The van der Waals surface area contributed by atoms with E-state index in [1.54, 1.807) is 42.2 Å². The molecule has 1 aliphatic rings. The van der Waals surface area contributed by atoms with E-state index in [1.807, 2.05) is 19.9 Å². The molecule has 8 heteroatoms. The third kappa shape index (κ3) is 3.62. The molecule has 0 spiro atoms. The number of piperazine rings is 1. The van der Waals surface area contributed by atoms with Crippen molar-refractivity contribution in [2.45, 2.75) is 25.7 Å². The number of aryl methyl sites for hydroxylation is 3. The number of carbonyl (C=O) groups is 1. The summed E-state index contributed by atoms with van der Waals surface area (Å²) in [5.41, 5.74) is 3.09. The summed E-state index contributed by atoms with van der Waals surface area (Å²) in [5, 5.41) is 1.39. The molecular formula is C22H23ClN2O4S. The third-order valence-electron chi connectivity index (χ3n) is 5.57. The van der Waals surface area contributed by atoms with Crippen molar-refractivity contribution in [1.82, 2.24) is 9.21 Å². The lowest BCUT2D eigenvalue weighted by Gasteiger charge is -2.34. The molecule has 158 valence electrons. The molecule has 1 aromatic heterocycles. The summed E-state index contributed by atoms with van der Waals surface area (Å²) < 4.78 is 33.3. The number of carbonyl (C=O) groups excluding carboxylic acids is 1. The van der Waals surface area contributed by atoms with E-state index >= 15 is 0 Å². The van der Waals surface area contributed by atoms with Crippen LogP contribution in [0.5, 0.6) is 0 Å². The highest BCUT2D eigenvalue weighted by atomic mass is 35.5. The lowest BCUT2D eigenvalue weighted by atomic mass is 10.1. The van der Waals surface area contributed by atoms with Crippen LogP contribution >= 0.6 is 11.6 Å². The molecule has 0 N–H and O–H groups in total. The monoisotopic (exact) mass is 446 g/mol. The van der Waals surface area contributed by atoms with E-state index in [1.165, 1.54) is 4.31 Å². The van der Waals surface area contributed by atoms with Crippen LogP contribution in [0.1, 0.15) is 27.2 Å². The Morgan fingerprint density at radius 1 is 1.00 bits per heavy atom. The van der Waals surface area contributed by atoms with Crippen LogP contribution < -0.4 is 0 Å². The molecule has 2 aromatic carbocycles. The Hall–Kier alpha value is -2.35. The molecule has 2 heterocycles. The molecule has 1 amide bonds. The number of fused-ring (bicyclic) bond motifs is 1. The van der Waals surface area contributed by atoms with Crippen LogP contribution in [0.3, 0.4) is 0 Å². The van der Waals surface area contributed by atoms with Gasteiger partial charge in [-0.15, -0.1) is 0 Å². The Labute approximate surface area is 181 Å².